The van der Waals surface area contributed by atoms with E-state index in [1.807, 2.05) is 39.8 Å². The summed E-state index contributed by atoms with van der Waals surface area (Å²) in [5.41, 5.74) is 5.78. The minimum absolute atomic E-state index is 0.122. The van der Waals surface area contributed by atoms with Crippen molar-refractivity contribution in [3.8, 4) is 0 Å². The van der Waals surface area contributed by atoms with E-state index in [1.165, 1.54) is 6.20 Å². The Labute approximate surface area is 157 Å². The van der Waals surface area contributed by atoms with Crippen LogP contribution in [0.1, 0.15) is 38.2 Å². The van der Waals surface area contributed by atoms with Crippen molar-refractivity contribution in [1.29, 1.82) is 0 Å². The van der Waals surface area contributed by atoms with E-state index in [1.54, 1.807) is 12.1 Å². The molecule has 0 atom stereocenters. The molecule has 0 saturated carbocycles. The number of aromatic amines is 1. The van der Waals surface area contributed by atoms with Crippen molar-refractivity contribution >= 4 is 28.4 Å². The van der Waals surface area contributed by atoms with E-state index in [0.717, 1.165) is 33.3 Å². The first-order valence-electron chi connectivity index (χ1n) is 8.45. The monoisotopic (exact) mass is 368 g/mol. The van der Waals surface area contributed by atoms with E-state index < -0.39 is 5.91 Å². The quantitative estimate of drug-likeness (QED) is 0.722. The Hall–Kier alpha value is -2.59. The summed E-state index contributed by atoms with van der Waals surface area (Å²) >= 11 is 5.87. The molecule has 0 fully saturated rings. The topological polar surface area (TPSA) is 62.0 Å². The van der Waals surface area contributed by atoms with Gasteiger partial charge in [-0.15, -0.1) is 0 Å². The summed E-state index contributed by atoms with van der Waals surface area (Å²) in [6.07, 6.45) is 1.50. The lowest BCUT2D eigenvalue weighted by molar-refractivity contribution is 0.0949. The Bertz CT molecular complexity index is 1070. The Kier molecular flexibility index (Phi) is 4.88. The summed E-state index contributed by atoms with van der Waals surface area (Å²) < 4.78 is 0. The number of hydrogen-bond donors (Lipinski definition) is 2. The highest BCUT2D eigenvalue weighted by Crippen LogP contribution is 2.25. The lowest BCUT2D eigenvalue weighted by atomic mass is 9.93. The van der Waals surface area contributed by atoms with Crippen LogP contribution >= 0.6 is 11.6 Å². The van der Waals surface area contributed by atoms with E-state index in [-0.39, 0.29) is 11.0 Å². The standard InChI is InChI=1S/C21H21ClN2O2/c1-11-12(2)14(4)19-18(13(11)3)20(25)17(10-23-19)21(26)24-9-15-5-7-16(22)8-6-15/h5-8,10H,9H2,1-4H3,(H,23,25)(H,24,26). The number of benzene rings is 2. The summed E-state index contributed by atoms with van der Waals surface area (Å²) in [6.45, 7) is 8.29. The third-order valence-corrected chi connectivity index (χ3v) is 5.38. The summed E-state index contributed by atoms with van der Waals surface area (Å²) in [4.78, 5) is 28.7. The van der Waals surface area contributed by atoms with Gasteiger partial charge in [0.2, 0.25) is 5.43 Å². The largest absolute Gasteiger partial charge is 0.360 e. The molecule has 134 valence electrons. The normalized spacial score (nSPS) is 11.0. The van der Waals surface area contributed by atoms with Gasteiger partial charge in [0.15, 0.2) is 0 Å². The molecule has 1 amide bonds. The second kappa shape index (κ2) is 6.96. The van der Waals surface area contributed by atoms with E-state index in [4.69, 9.17) is 11.6 Å². The molecule has 0 aliphatic carbocycles. The van der Waals surface area contributed by atoms with Crippen LogP contribution in [-0.4, -0.2) is 10.9 Å². The number of carbonyl (C=O) groups is 1. The van der Waals surface area contributed by atoms with Gasteiger partial charge >= 0.3 is 0 Å². The fraction of sp³-hybridized carbons (Fsp3) is 0.238. The average Bonchev–Trinajstić information content (AvgIpc) is 2.63. The molecular weight excluding hydrogens is 348 g/mol. The van der Waals surface area contributed by atoms with Gasteiger partial charge in [-0.2, -0.15) is 0 Å². The van der Waals surface area contributed by atoms with Gasteiger partial charge < -0.3 is 10.3 Å². The van der Waals surface area contributed by atoms with Crippen LogP contribution in [0.4, 0.5) is 0 Å². The molecule has 2 N–H and O–H groups in total. The van der Waals surface area contributed by atoms with Gasteiger partial charge in [0.25, 0.3) is 5.91 Å². The molecule has 0 spiro atoms. The number of H-pyrrole nitrogens is 1. The molecule has 0 aliphatic rings. The Morgan fingerprint density at radius 3 is 2.27 bits per heavy atom. The molecule has 1 aromatic heterocycles. The van der Waals surface area contributed by atoms with Gasteiger partial charge in [0.05, 0.1) is 5.52 Å². The van der Waals surface area contributed by atoms with Crippen molar-refractivity contribution in [2.45, 2.75) is 34.2 Å². The van der Waals surface area contributed by atoms with Gasteiger partial charge in [-0.3, -0.25) is 9.59 Å². The zero-order valence-corrected chi connectivity index (χ0v) is 16.0. The van der Waals surface area contributed by atoms with E-state index in [9.17, 15) is 9.59 Å². The number of amides is 1. The van der Waals surface area contributed by atoms with Crippen molar-refractivity contribution in [2.24, 2.45) is 0 Å². The molecule has 4 nitrogen and oxygen atoms in total. The predicted octanol–water partition coefficient (Wildman–Crippen LogP) is 4.35. The fourth-order valence-electron chi connectivity index (χ4n) is 3.17. The fourth-order valence-corrected chi connectivity index (χ4v) is 3.30. The summed E-state index contributed by atoms with van der Waals surface area (Å²) in [7, 11) is 0. The molecule has 1 heterocycles. The van der Waals surface area contributed by atoms with Crippen molar-refractivity contribution in [3.05, 3.63) is 79.1 Å². The minimum Gasteiger partial charge on any atom is -0.360 e. The molecule has 0 radical (unpaired) electrons. The molecule has 26 heavy (non-hydrogen) atoms. The zero-order chi connectivity index (χ0) is 19.0. The van der Waals surface area contributed by atoms with Crippen LogP contribution < -0.4 is 10.7 Å². The molecule has 0 saturated heterocycles. The highest BCUT2D eigenvalue weighted by atomic mass is 35.5. The number of halogens is 1. The van der Waals surface area contributed by atoms with Gasteiger partial charge in [-0.1, -0.05) is 23.7 Å². The third-order valence-electron chi connectivity index (χ3n) is 5.13. The molecule has 3 aromatic rings. The van der Waals surface area contributed by atoms with Gasteiger partial charge in [0.1, 0.15) is 5.56 Å². The number of rotatable bonds is 3. The van der Waals surface area contributed by atoms with Gasteiger partial charge in [-0.05, 0) is 67.6 Å². The molecular formula is C21H21ClN2O2. The maximum atomic E-state index is 13.0. The first-order chi connectivity index (χ1) is 12.3. The van der Waals surface area contributed by atoms with Crippen LogP contribution in [0.5, 0.6) is 0 Å². The number of aromatic nitrogens is 1. The van der Waals surface area contributed by atoms with E-state index in [2.05, 4.69) is 10.3 Å². The first kappa shape index (κ1) is 18.2. The second-order valence-electron chi connectivity index (χ2n) is 6.59. The smallest absolute Gasteiger partial charge is 0.257 e. The average molecular weight is 369 g/mol. The van der Waals surface area contributed by atoms with Crippen LogP contribution in [0.3, 0.4) is 0 Å². The lowest BCUT2D eigenvalue weighted by Gasteiger charge is -2.14. The molecule has 2 aromatic carbocycles. The van der Waals surface area contributed by atoms with Crippen molar-refractivity contribution < 1.29 is 4.79 Å². The molecule has 0 unspecified atom stereocenters. The number of fused-ring (bicyclic) bond motifs is 1. The van der Waals surface area contributed by atoms with E-state index in [0.29, 0.717) is 17.0 Å². The second-order valence-corrected chi connectivity index (χ2v) is 7.03. The Balaban J connectivity index is 1.98. The third kappa shape index (κ3) is 3.13. The van der Waals surface area contributed by atoms with Gasteiger partial charge in [0, 0.05) is 23.2 Å². The number of hydrogen-bond acceptors (Lipinski definition) is 2. The molecule has 5 heteroatoms. The number of nitrogens with one attached hydrogen (secondary N) is 2. The van der Waals surface area contributed by atoms with Crippen LogP contribution in [0, 0.1) is 27.7 Å². The SMILES string of the molecule is Cc1c(C)c(C)c2c(=O)c(C(=O)NCc3ccc(Cl)cc3)c[nH]c2c1C. The van der Waals surface area contributed by atoms with Gasteiger partial charge in [-0.25, -0.2) is 0 Å². The van der Waals surface area contributed by atoms with Crippen LogP contribution in [0.2, 0.25) is 5.02 Å². The number of carbonyl (C=O) groups excluding carboxylic acids is 1. The number of pyridine rings is 1. The Morgan fingerprint density at radius 1 is 1.00 bits per heavy atom. The summed E-state index contributed by atoms with van der Waals surface area (Å²) in [5.74, 6) is -0.390. The van der Waals surface area contributed by atoms with Crippen molar-refractivity contribution in [2.75, 3.05) is 0 Å². The number of aryl methyl sites for hydroxylation is 2. The molecule has 0 bridgehead atoms. The highest BCUT2D eigenvalue weighted by Gasteiger charge is 2.17. The Morgan fingerprint density at radius 2 is 1.62 bits per heavy atom. The van der Waals surface area contributed by atoms with Crippen molar-refractivity contribution in [1.82, 2.24) is 10.3 Å². The highest BCUT2D eigenvalue weighted by molar-refractivity contribution is 6.30. The summed E-state index contributed by atoms with van der Waals surface area (Å²) in [5, 5.41) is 4.03. The predicted molar refractivity (Wildman–Crippen MR) is 106 cm³/mol. The zero-order valence-electron chi connectivity index (χ0n) is 15.3. The molecule has 0 aliphatic heterocycles. The lowest BCUT2D eigenvalue weighted by Crippen LogP contribution is -2.29. The summed E-state index contributed by atoms with van der Waals surface area (Å²) in [6, 6.07) is 7.21. The molecule has 3 rings (SSSR count). The van der Waals surface area contributed by atoms with E-state index >= 15 is 0 Å². The van der Waals surface area contributed by atoms with Crippen LogP contribution in [-0.2, 0) is 6.54 Å². The first-order valence-corrected chi connectivity index (χ1v) is 8.83. The van der Waals surface area contributed by atoms with Crippen molar-refractivity contribution in [3.63, 3.8) is 0 Å². The maximum absolute atomic E-state index is 13.0. The van der Waals surface area contributed by atoms with Crippen LogP contribution in [0.25, 0.3) is 10.9 Å². The maximum Gasteiger partial charge on any atom is 0.257 e. The minimum atomic E-state index is -0.390. The van der Waals surface area contributed by atoms with Crippen LogP contribution in [0.15, 0.2) is 35.3 Å².